The van der Waals surface area contributed by atoms with Crippen LogP contribution in [0.3, 0.4) is 0 Å². The Morgan fingerprint density at radius 1 is 1.10 bits per heavy atom. The zero-order valence-corrected chi connectivity index (χ0v) is 16.0. The van der Waals surface area contributed by atoms with Crippen LogP contribution in [0, 0.1) is 12.3 Å². The molecule has 2 aromatic carbocycles. The largest absolute Gasteiger partial charge is 0.493 e. The number of ether oxygens (including phenoxy) is 4. The number of carbonyl (C=O) groups is 1. The summed E-state index contributed by atoms with van der Waals surface area (Å²) in [5.41, 5.74) is 0.971. The van der Waals surface area contributed by atoms with E-state index >= 15 is 0 Å². The van der Waals surface area contributed by atoms with Gasteiger partial charge in [-0.2, -0.15) is 8.78 Å². The predicted molar refractivity (Wildman–Crippen MR) is 105 cm³/mol. The van der Waals surface area contributed by atoms with Crippen LogP contribution in [0.4, 0.5) is 8.78 Å². The topological polar surface area (TPSA) is 54.0 Å². The Morgan fingerprint density at radius 2 is 1.86 bits per heavy atom. The van der Waals surface area contributed by atoms with Gasteiger partial charge in [0.1, 0.15) is 6.61 Å². The van der Waals surface area contributed by atoms with E-state index in [1.807, 2.05) is 6.92 Å². The van der Waals surface area contributed by atoms with Crippen molar-refractivity contribution in [1.82, 2.24) is 0 Å². The maximum Gasteiger partial charge on any atom is 0.387 e. The van der Waals surface area contributed by atoms with Gasteiger partial charge in [-0.1, -0.05) is 18.1 Å². The molecule has 0 aliphatic carbocycles. The Balaban J connectivity index is 2.19. The van der Waals surface area contributed by atoms with E-state index in [4.69, 9.17) is 20.6 Å². The van der Waals surface area contributed by atoms with E-state index in [0.717, 1.165) is 0 Å². The van der Waals surface area contributed by atoms with E-state index in [1.165, 1.54) is 31.4 Å². The van der Waals surface area contributed by atoms with Gasteiger partial charge in [-0.25, -0.2) is 0 Å². The highest BCUT2D eigenvalue weighted by molar-refractivity contribution is 6.07. The zero-order chi connectivity index (χ0) is 21.2. The molecule has 0 aliphatic rings. The van der Waals surface area contributed by atoms with Crippen molar-refractivity contribution in [3.05, 3.63) is 53.6 Å². The molecule has 0 aliphatic heterocycles. The summed E-state index contributed by atoms with van der Waals surface area (Å²) in [4.78, 5) is 12.4. The second kappa shape index (κ2) is 10.7. The van der Waals surface area contributed by atoms with Gasteiger partial charge in [0, 0.05) is 5.56 Å². The molecule has 0 radical (unpaired) electrons. The quantitative estimate of drug-likeness (QED) is 0.330. The van der Waals surface area contributed by atoms with Crippen molar-refractivity contribution in [1.29, 1.82) is 0 Å². The Bertz CT molecular complexity index is 916. The fourth-order valence-corrected chi connectivity index (χ4v) is 2.42. The third-order valence-corrected chi connectivity index (χ3v) is 3.67. The first-order valence-electron chi connectivity index (χ1n) is 8.66. The molecule has 0 amide bonds. The first-order chi connectivity index (χ1) is 14.0. The van der Waals surface area contributed by atoms with Crippen LogP contribution < -0.4 is 18.9 Å². The van der Waals surface area contributed by atoms with Gasteiger partial charge in [0.15, 0.2) is 28.8 Å². The molecule has 2 aromatic rings. The predicted octanol–water partition coefficient (Wildman–Crippen LogP) is 4.60. The number of alkyl halides is 2. The summed E-state index contributed by atoms with van der Waals surface area (Å²) in [6, 6.07) is 9.16. The van der Waals surface area contributed by atoms with E-state index < -0.39 is 6.61 Å². The van der Waals surface area contributed by atoms with Gasteiger partial charge in [-0.3, -0.25) is 4.79 Å². The average Bonchev–Trinajstić information content (AvgIpc) is 2.71. The lowest BCUT2D eigenvalue weighted by molar-refractivity contribution is -0.0512. The van der Waals surface area contributed by atoms with E-state index in [0.29, 0.717) is 23.7 Å². The van der Waals surface area contributed by atoms with Gasteiger partial charge in [0.2, 0.25) is 0 Å². The molecule has 7 heteroatoms. The van der Waals surface area contributed by atoms with E-state index in [-0.39, 0.29) is 29.5 Å². The molecule has 152 valence electrons. The molecule has 0 heterocycles. The lowest BCUT2D eigenvalue weighted by Crippen LogP contribution is -2.04. The summed E-state index contributed by atoms with van der Waals surface area (Å²) in [5, 5.41) is 0. The SMILES string of the molecule is C#CCOc1ccc(/C=C/C(=O)c2ccc(OC(F)F)c(OC)c2)cc1OCC. The van der Waals surface area contributed by atoms with E-state index in [2.05, 4.69) is 10.7 Å². The minimum atomic E-state index is -2.99. The number of ketones is 1. The molecular weight excluding hydrogens is 382 g/mol. The van der Waals surface area contributed by atoms with Gasteiger partial charge in [0.05, 0.1) is 13.7 Å². The van der Waals surface area contributed by atoms with Crippen molar-refractivity contribution in [2.45, 2.75) is 13.5 Å². The van der Waals surface area contributed by atoms with Crippen molar-refractivity contribution >= 4 is 11.9 Å². The molecule has 0 saturated heterocycles. The van der Waals surface area contributed by atoms with E-state index in [9.17, 15) is 13.6 Å². The number of terminal acetylenes is 1. The molecular formula is C22H20F2O5. The van der Waals surface area contributed by atoms with Crippen molar-refractivity contribution in [3.63, 3.8) is 0 Å². The molecule has 29 heavy (non-hydrogen) atoms. The standard InChI is InChI=1S/C22H20F2O5/c1-4-12-28-18-10-7-15(13-21(18)27-5-2)6-9-17(25)16-8-11-19(29-22(23)24)20(14-16)26-3/h1,6-11,13-14,22H,5,12H2,2-3H3/b9-6+. The van der Waals surface area contributed by atoms with Crippen molar-refractivity contribution < 1.29 is 32.5 Å². The van der Waals surface area contributed by atoms with E-state index in [1.54, 1.807) is 24.3 Å². The average molecular weight is 402 g/mol. The Morgan fingerprint density at radius 3 is 2.52 bits per heavy atom. The molecule has 0 bridgehead atoms. The maximum absolute atomic E-state index is 12.4. The fourth-order valence-electron chi connectivity index (χ4n) is 2.42. The number of hydrogen-bond acceptors (Lipinski definition) is 5. The molecule has 5 nitrogen and oxygen atoms in total. The van der Waals surface area contributed by atoms with Crippen molar-refractivity contribution in [2.75, 3.05) is 20.3 Å². The summed E-state index contributed by atoms with van der Waals surface area (Å²) in [7, 11) is 1.30. The first kappa shape index (κ1) is 21.8. The highest BCUT2D eigenvalue weighted by atomic mass is 19.3. The first-order valence-corrected chi connectivity index (χ1v) is 8.66. The molecule has 0 fully saturated rings. The zero-order valence-electron chi connectivity index (χ0n) is 16.0. The molecule has 0 spiro atoms. The molecule has 0 atom stereocenters. The van der Waals surface area contributed by atoms with Crippen LogP contribution in [0.15, 0.2) is 42.5 Å². The normalized spacial score (nSPS) is 10.6. The summed E-state index contributed by atoms with van der Waals surface area (Å²) < 4.78 is 45.1. The van der Waals surface area contributed by atoms with Crippen molar-refractivity contribution in [3.8, 4) is 35.3 Å². The summed E-state index contributed by atoms with van der Waals surface area (Å²) in [6.07, 6.45) is 8.16. The number of carbonyl (C=O) groups excluding carboxylic acids is 1. The lowest BCUT2D eigenvalue weighted by Gasteiger charge is -2.11. The Labute approximate surface area is 167 Å². The second-order valence-electron chi connectivity index (χ2n) is 5.57. The summed E-state index contributed by atoms with van der Waals surface area (Å²) in [5.74, 6) is 2.96. The molecule has 0 unspecified atom stereocenters. The highest BCUT2D eigenvalue weighted by Crippen LogP contribution is 2.31. The molecule has 0 N–H and O–H groups in total. The van der Waals surface area contributed by atoms with Gasteiger partial charge in [-0.15, -0.1) is 6.42 Å². The summed E-state index contributed by atoms with van der Waals surface area (Å²) in [6.45, 7) is -0.602. The minimum absolute atomic E-state index is 0.0400. The number of methoxy groups -OCH3 is 1. The molecule has 2 rings (SSSR count). The number of halogens is 2. The number of rotatable bonds is 10. The Hall–Kier alpha value is -3.53. The molecule has 0 aromatic heterocycles. The monoisotopic (exact) mass is 402 g/mol. The van der Waals surface area contributed by atoms with Crippen LogP contribution in [-0.4, -0.2) is 32.7 Å². The van der Waals surface area contributed by atoms with Crippen LogP contribution in [0.5, 0.6) is 23.0 Å². The number of benzene rings is 2. The highest BCUT2D eigenvalue weighted by Gasteiger charge is 2.13. The van der Waals surface area contributed by atoms with Gasteiger partial charge in [-0.05, 0) is 48.9 Å². The second-order valence-corrected chi connectivity index (χ2v) is 5.57. The van der Waals surface area contributed by atoms with Crippen LogP contribution in [-0.2, 0) is 0 Å². The van der Waals surface area contributed by atoms with Gasteiger partial charge < -0.3 is 18.9 Å². The van der Waals surface area contributed by atoms with Gasteiger partial charge in [0.25, 0.3) is 0 Å². The number of allylic oxidation sites excluding steroid dienone is 1. The molecule has 0 saturated carbocycles. The third-order valence-electron chi connectivity index (χ3n) is 3.67. The van der Waals surface area contributed by atoms with Crippen LogP contribution >= 0.6 is 0 Å². The maximum atomic E-state index is 12.4. The minimum Gasteiger partial charge on any atom is -0.493 e. The smallest absolute Gasteiger partial charge is 0.387 e. The number of hydrogen-bond donors (Lipinski definition) is 0. The lowest BCUT2D eigenvalue weighted by atomic mass is 10.1. The summed E-state index contributed by atoms with van der Waals surface area (Å²) >= 11 is 0. The van der Waals surface area contributed by atoms with Gasteiger partial charge >= 0.3 is 6.61 Å². The van der Waals surface area contributed by atoms with Crippen LogP contribution in [0.2, 0.25) is 0 Å². The Kier molecular flexibility index (Phi) is 8.04. The van der Waals surface area contributed by atoms with Crippen LogP contribution in [0.1, 0.15) is 22.8 Å². The third kappa shape index (κ3) is 6.25. The fraction of sp³-hybridized carbons (Fsp3) is 0.227. The van der Waals surface area contributed by atoms with Crippen LogP contribution in [0.25, 0.3) is 6.08 Å². The van der Waals surface area contributed by atoms with Crippen molar-refractivity contribution in [2.24, 2.45) is 0 Å².